The number of rotatable bonds is 6. The van der Waals surface area contributed by atoms with Crippen LogP contribution in [0.3, 0.4) is 0 Å². The summed E-state index contributed by atoms with van der Waals surface area (Å²) in [4.78, 5) is 49.1. The van der Waals surface area contributed by atoms with Crippen molar-refractivity contribution in [2.75, 3.05) is 19.6 Å². The molecule has 7 nitrogen and oxygen atoms in total. The molecule has 0 spiro atoms. The van der Waals surface area contributed by atoms with Gasteiger partial charge in [0.1, 0.15) is 0 Å². The second-order valence-corrected chi connectivity index (χ2v) is 11.3. The molecule has 35 heavy (non-hydrogen) atoms. The summed E-state index contributed by atoms with van der Waals surface area (Å²) in [5.41, 5.74) is -0.412. The molecular weight excluding hydrogens is 460 g/mol. The molecule has 6 rings (SSSR count). The Morgan fingerprint density at radius 3 is 2.66 bits per heavy atom. The number of carbonyl (C=O) groups excluding carboxylic acids is 3. The number of imide groups is 1. The van der Waals surface area contributed by atoms with E-state index in [2.05, 4.69) is 22.5 Å². The van der Waals surface area contributed by atoms with Crippen LogP contribution in [-0.4, -0.2) is 52.3 Å². The van der Waals surface area contributed by atoms with Gasteiger partial charge in [-0.1, -0.05) is 24.3 Å². The van der Waals surface area contributed by atoms with Crippen molar-refractivity contribution in [2.45, 2.75) is 37.6 Å². The molecule has 2 aliphatic heterocycles. The van der Waals surface area contributed by atoms with E-state index in [-0.39, 0.29) is 29.7 Å². The number of piperidine rings is 1. The fourth-order valence-electron chi connectivity index (χ4n) is 6.61. The Bertz CT molecular complexity index is 1140. The molecule has 182 valence electrons. The third kappa shape index (κ3) is 3.78. The number of amides is 4. The van der Waals surface area contributed by atoms with Gasteiger partial charge in [-0.15, -0.1) is 11.3 Å². The maximum absolute atomic E-state index is 13.9. The van der Waals surface area contributed by atoms with Crippen molar-refractivity contribution in [2.24, 2.45) is 23.7 Å². The van der Waals surface area contributed by atoms with Gasteiger partial charge < -0.3 is 10.2 Å². The van der Waals surface area contributed by atoms with E-state index < -0.39 is 5.54 Å². The van der Waals surface area contributed by atoms with E-state index in [0.29, 0.717) is 50.7 Å². The van der Waals surface area contributed by atoms with Crippen LogP contribution in [0, 0.1) is 23.7 Å². The van der Waals surface area contributed by atoms with Gasteiger partial charge in [0.05, 0.1) is 0 Å². The van der Waals surface area contributed by atoms with E-state index >= 15 is 0 Å². The molecule has 0 aromatic carbocycles. The van der Waals surface area contributed by atoms with Crippen LogP contribution < -0.4 is 5.32 Å². The third-order valence-corrected chi connectivity index (χ3v) is 9.36. The molecule has 3 fully saturated rings. The lowest BCUT2D eigenvalue weighted by Crippen LogP contribution is -2.54. The largest absolute Gasteiger partial charge is 0.342 e. The molecule has 1 saturated carbocycles. The van der Waals surface area contributed by atoms with Crippen LogP contribution >= 0.6 is 11.3 Å². The number of carbonyl (C=O) groups is 3. The summed E-state index contributed by atoms with van der Waals surface area (Å²) >= 11 is 1.63. The first kappa shape index (κ1) is 22.5. The molecule has 0 radical (unpaired) electrons. The summed E-state index contributed by atoms with van der Waals surface area (Å²) in [5.74, 6) is 1.02. The van der Waals surface area contributed by atoms with Crippen molar-refractivity contribution < 1.29 is 14.4 Å². The Labute approximate surface area is 209 Å². The number of hydrogen-bond donors (Lipinski definition) is 1. The molecule has 1 unspecified atom stereocenters. The Hall–Kier alpha value is -3.00. The predicted molar refractivity (Wildman–Crippen MR) is 132 cm³/mol. The lowest BCUT2D eigenvalue weighted by Gasteiger charge is -2.41. The highest BCUT2D eigenvalue weighted by atomic mass is 32.1. The van der Waals surface area contributed by atoms with E-state index in [1.165, 1.54) is 4.90 Å². The molecule has 1 N–H and O–H groups in total. The van der Waals surface area contributed by atoms with E-state index in [9.17, 15) is 14.4 Å². The first-order valence-electron chi connectivity index (χ1n) is 12.6. The second-order valence-electron chi connectivity index (χ2n) is 10.3. The number of aromatic nitrogens is 1. The number of allylic oxidation sites excluding steroid dienone is 2. The molecule has 4 amide bonds. The Morgan fingerprint density at radius 2 is 2.00 bits per heavy atom. The topological polar surface area (TPSA) is 82.6 Å². The van der Waals surface area contributed by atoms with E-state index in [1.807, 2.05) is 34.5 Å². The van der Waals surface area contributed by atoms with Gasteiger partial charge in [-0.05, 0) is 67.4 Å². The van der Waals surface area contributed by atoms with Gasteiger partial charge in [0.2, 0.25) is 5.91 Å². The highest BCUT2D eigenvalue weighted by molar-refractivity contribution is 7.09. The number of thiophene rings is 1. The van der Waals surface area contributed by atoms with Crippen LogP contribution in [0.1, 0.15) is 36.1 Å². The third-order valence-electron chi connectivity index (χ3n) is 8.43. The summed E-state index contributed by atoms with van der Waals surface area (Å²) in [5, 5.41) is 5.10. The molecular formula is C27H30N4O3S. The lowest BCUT2D eigenvalue weighted by atomic mass is 9.73. The molecule has 8 heteroatoms. The van der Waals surface area contributed by atoms with Gasteiger partial charge in [-0.3, -0.25) is 19.5 Å². The molecule has 4 heterocycles. The van der Waals surface area contributed by atoms with Gasteiger partial charge in [0.15, 0.2) is 5.54 Å². The van der Waals surface area contributed by atoms with Crippen LogP contribution in [0.2, 0.25) is 0 Å². The number of nitrogens with one attached hydrogen (secondary N) is 1. The van der Waals surface area contributed by atoms with Crippen molar-refractivity contribution in [3.05, 3.63) is 64.6 Å². The first-order chi connectivity index (χ1) is 17.1. The van der Waals surface area contributed by atoms with Crippen LogP contribution in [0.4, 0.5) is 4.79 Å². The van der Waals surface area contributed by atoms with Gasteiger partial charge in [-0.2, -0.15) is 0 Å². The summed E-state index contributed by atoms with van der Waals surface area (Å²) in [7, 11) is 0. The molecule has 2 saturated heterocycles. The van der Waals surface area contributed by atoms with Crippen molar-refractivity contribution >= 4 is 29.2 Å². The number of urea groups is 1. The van der Waals surface area contributed by atoms with Crippen LogP contribution in [0.25, 0.3) is 0 Å². The minimum atomic E-state index is -1.13. The fourth-order valence-corrected chi connectivity index (χ4v) is 7.31. The molecule has 2 aromatic heterocycles. The van der Waals surface area contributed by atoms with Gasteiger partial charge in [-0.25, -0.2) is 4.79 Å². The van der Waals surface area contributed by atoms with Gasteiger partial charge in [0, 0.05) is 48.4 Å². The van der Waals surface area contributed by atoms with E-state index in [0.717, 1.165) is 23.3 Å². The van der Waals surface area contributed by atoms with Crippen LogP contribution in [-0.2, 0) is 21.5 Å². The highest BCUT2D eigenvalue weighted by Gasteiger charge is 2.57. The van der Waals surface area contributed by atoms with Crippen molar-refractivity contribution in [3.63, 3.8) is 0 Å². The van der Waals surface area contributed by atoms with Crippen LogP contribution in [0.15, 0.2) is 54.2 Å². The number of hydrogen-bond acceptors (Lipinski definition) is 5. The summed E-state index contributed by atoms with van der Waals surface area (Å²) in [6.07, 6.45) is 11.9. The van der Waals surface area contributed by atoms with Gasteiger partial charge in [0.25, 0.3) is 5.91 Å². The Kier molecular flexibility index (Phi) is 5.71. The maximum atomic E-state index is 13.9. The number of likely N-dealkylation sites (tertiary alicyclic amines) is 1. The maximum Gasteiger partial charge on any atom is 0.325 e. The lowest BCUT2D eigenvalue weighted by molar-refractivity contribution is -0.139. The SMILES string of the molecule is O=C([C@@H]1C[C@H]2C=C[C@@H]1C2)N1CCC(C2(c3cccnc3)NC(=O)N(CCc3cccs3)C2=O)CC1. The summed E-state index contributed by atoms with van der Waals surface area (Å²) in [6, 6.07) is 7.35. The highest BCUT2D eigenvalue weighted by Crippen LogP contribution is 2.45. The van der Waals surface area contributed by atoms with E-state index in [1.54, 1.807) is 23.7 Å². The first-order valence-corrected chi connectivity index (χ1v) is 13.5. The van der Waals surface area contributed by atoms with Crippen molar-refractivity contribution in [1.82, 2.24) is 20.1 Å². The molecule has 2 aliphatic carbocycles. The summed E-state index contributed by atoms with van der Waals surface area (Å²) in [6.45, 7) is 1.57. The van der Waals surface area contributed by atoms with E-state index in [4.69, 9.17) is 0 Å². The minimum absolute atomic E-state index is 0.0983. The molecule has 2 bridgehead atoms. The second kappa shape index (κ2) is 8.90. The predicted octanol–water partition coefficient (Wildman–Crippen LogP) is 3.58. The van der Waals surface area contributed by atoms with Crippen LogP contribution in [0.5, 0.6) is 0 Å². The zero-order valence-electron chi connectivity index (χ0n) is 19.6. The normalized spacial score (nSPS) is 30.3. The quantitative estimate of drug-likeness (QED) is 0.496. The zero-order valence-corrected chi connectivity index (χ0v) is 20.5. The molecule has 2 aromatic rings. The number of nitrogens with zero attached hydrogens (tertiary/aromatic N) is 3. The smallest absolute Gasteiger partial charge is 0.325 e. The average molecular weight is 491 g/mol. The molecule has 4 atom stereocenters. The van der Waals surface area contributed by atoms with Crippen molar-refractivity contribution in [3.8, 4) is 0 Å². The number of fused-ring (bicyclic) bond motifs is 2. The number of pyridine rings is 1. The minimum Gasteiger partial charge on any atom is -0.342 e. The van der Waals surface area contributed by atoms with Crippen molar-refractivity contribution in [1.29, 1.82) is 0 Å². The van der Waals surface area contributed by atoms with Gasteiger partial charge >= 0.3 is 6.03 Å². The summed E-state index contributed by atoms with van der Waals surface area (Å²) < 4.78 is 0. The molecule has 4 aliphatic rings. The Balaban J connectivity index is 1.21. The average Bonchev–Trinajstić information content (AvgIpc) is 3.69. The zero-order chi connectivity index (χ0) is 24.0. The fraction of sp³-hybridized carbons (Fsp3) is 0.481. The monoisotopic (exact) mass is 490 g/mol. The Morgan fingerprint density at radius 1 is 1.14 bits per heavy atom. The standard InChI is InChI=1S/C27H30N4O3S/c32-24(23-16-18-5-6-19(23)15-18)30-11-7-20(8-12-30)27(21-3-1-10-28-17-21)25(33)31(26(34)29-27)13-9-22-4-2-14-35-22/h1-6,10,14,17-20,23H,7-9,11-13,15-16H2,(H,29,34)/t18-,19+,23+,27?/m0/s1.